The Kier molecular flexibility index (Phi) is 4.89. The molecule has 1 amide bonds. The molecule has 3 aromatic rings. The van der Waals surface area contributed by atoms with Gasteiger partial charge in [-0.2, -0.15) is 13.2 Å². The highest BCUT2D eigenvalue weighted by molar-refractivity contribution is 6.27. The van der Waals surface area contributed by atoms with E-state index in [1.54, 1.807) is 12.3 Å². The van der Waals surface area contributed by atoms with Crippen LogP contribution in [-0.4, -0.2) is 22.1 Å². The van der Waals surface area contributed by atoms with E-state index in [0.717, 1.165) is 28.6 Å². The van der Waals surface area contributed by atoms with Gasteiger partial charge in [0.05, 0.1) is 23.3 Å². The Labute approximate surface area is 185 Å². The van der Waals surface area contributed by atoms with Crippen molar-refractivity contribution in [2.24, 2.45) is 5.92 Å². The van der Waals surface area contributed by atoms with Gasteiger partial charge in [-0.05, 0) is 54.7 Å². The largest absolute Gasteiger partial charge is 0.490 e. The van der Waals surface area contributed by atoms with Crippen molar-refractivity contribution in [1.82, 2.24) is 4.98 Å². The molecule has 2 saturated carbocycles. The van der Waals surface area contributed by atoms with Crippen LogP contribution in [0.5, 0.6) is 5.75 Å². The number of fused-ring (bicyclic) bond motifs is 1. The Morgan fingerprint density at radius 2 is 1.84 bits per heavy atom. The van der Waals surface area contributed by atoms with Crippen LogP contribution in [0.3, 0.4) is 0 Å². The Morgan fingerprint density at radius 3 is 2.47 bits per heavy atom. The molecule has 0 radical (unpaired) electrons. The first kappa shape index (κ1) is 21.1. The number of halogens is 5. The smallest absolute Gasteiger partial charge is 0.416 e. The van der Waals surface area contributed by atoms with Gasteiger partial charge in [0.1, 0.15) is 5.75 Å². The minimum absolute atomic E-state index is 0.00111. The quantitative estimate of drug-likeness (QED) is 0.339. The monoisotopic (exact) mass is 466 g/mol. The zero-order valence-corrected chi connectivity index (χ0v) is 17.4. The highest BCUT2D eigenvalue weighted by Gasteiger charge is 2.58. The zero-order valence-electron chi connectivity index (χ0n) is 16.7. The third-order valence-corrected chi connectivity index (χ3v) is 6.58. The van der Waals surface area contributed by atoms with Gasteiger partial charge in [0.2, 0.25) is 5.91 Å². The number of hydrogen-bond donors (Lipinski definition) is 2. The molecule has 1 aromatic heterocycles. The standard InChI is InChI=1S/C23H19ClF4N2O2/c24-22(25)10-18(22)21(31)30-20-11-29-19-6-5-15(9-17(19)20)32-16-7-13(8-16)12-1-3-14(4-2-12)23(26,27)28/h1-6,9,11,13,16,18,29H,7-8,10H2,(H,30,31)/t13-,16-,18?,22?. The number of H-pyrrole nitrogens is 1. The van der Waals surface area contributed by atoms with Crippen LogP contribution < -0.4 is 10.1 Å². The highest BCUT2D eigenvalue weighted by atomic mass is 35.5. The lowest BCUT2D eigenvalue weighted by Gasteiger charge is -2.35. The van der Waals surface area contributed by atoms with Gasteiger partial charge in [0.15, 0.2) is 5.13 Å². The number of carbonyl (C=O) groups is 1. The number of aromatic nitrogens is 1. The Bertz CT molecular complexity index is 1170. The zero-order chi connectivity index (χ0) is 22.7. The molecular formula is C23H19ClF4N2O2. The predicted octanol–water partition coefficient (Wildman–Crippen LogP) is 6.37. The van der Waals surface area contributed by atoms with Gasteiger partial charge in [0, 0.05) is 23.5 Å². The van der Waals surface area contributed by atoms with Gasteiger partial charge in [-0.3, -0.25) is 4.79 Å². The van der Waals surface area contributed by atoms with Crippen molar-refractivity contribution < 1.29 is 27.1 Å². The van der Waals surface area contributed by atoms with E-state index in [2.05, 4.69) is 10.3 Å². The van der Waals surface area contributed by atoms with Crippen molar-refractivity contribution in [1.29, 1.82) is 0 Å². The summed E-state index contributed by atoms with van der Waals surface area (Å²) in [6.07, 6.45) is -1.35. The van der Waals surface area contributed by atoms with Crippen LogP contribution in [0.15, 0.2) is 48.7 Å². The van der Waals surface area contributed by atoms with Crippen molar-refractivity contribution in [2.75, 3.05) is 5.32 Å². The lowest BCUT2D eigenvalue weighted by atomic mass is 9.77. The van der Waals surface area contributed by atoms with Gasteiger partial charge in [0.25, 0.3) is 0 Å². The number of amides is 1. The fourth-order valence-corrected chi connectivity index (χ4v) is 4.32. The van der Waals surface area contributed by atoms with Crippen LogP contribution in [0.4, 0.5) is 23.2 Å². The second-order valence-electron chi connectivity index (χ2n) is 8.44. The molecule has 32 heavy (non-hydrogen) atoms. The molecule has 2 aliphatic rings. The summed E-state index contributed by atoms with van der Waals surface area (Å²) >= 11 is 5.54. The molecule has 9 heteroatoms. The molecule has 4 nitrogen and oxygen atoms in total. The Balaban J connectivity index is 1.21. The highest BCUT2D eigenvalue weighted by Crippen LogP contribution is 2.51. The summed E-state index contributed by atoms with van der Waals surface area (Å²) in [6, 6.07) is 10.7. The van der Waals surface area contributed by atoms with Crippen LogP contribution in [0.2, 0.25) is 0 Å². The maximum absolute atomic E-state index is 13.6. The molecule has 2 fully saturated rings. The first-order valence-corrected chi connectivity index (χ1v) is 10.6. The average molecular weight is 467 g/mol. The molecule has 0 aliphatic heterocycles. The molecule has 0 spiro atoms. The van der Waals surface area contributed by atoms with Crippen molar-refractivity contribution in [2.45, 2.75) is 42.6 Å². The molecule has 2 aromatic carbocycles. The number of carbonyl (C=O) groups excluding carboxylic acids is 1. The third kappa shape index (κ3) is 4.03. The lowest BCUT2D eigenvalue weighted by Crippen LogP contribution is -2.32. The van der Waals surface area contributed by atoms with E-state index in [0.29, 0.717) is 24.3 Å². The first-order valence-electron chi connectivity index (χ1n) is 10.2. The average Bonchev–Trinajstić information content (AvgIpc) is 3.18. The maximum atomic E-state index is 13.6. The minimum atomic E-state index is -4.34. The van der Waals surface area contributed by atoms with E-state index in [1.165, 1.54) is 12.1 Å². The number of aromatic amines is 1. The number of ether oxygens (including phenoxy) is 1. The Morgan fingerprint density at radius 1 is 1.16 bits per heavy atom. The molecule has 2 atom stereocenters. The van der Waals surface area contributed by atoms with Crippen LogP contribution >= 0.6 is 11.6 Å². The minimum Gasteiger partial charge on any atom is -0.490 e. The van der Waals surface area contributed by atoms with Crippen LogP contribution in [0.25, 0.3) is 10.9 Å². The van der Waals surface area contributed by atoms with Crippen molar-refractivity contribution in [3.8, 4) is 5.75 Å². The molecule has 2 aliphatic carbocycles. The number of hydrogen-bond acceptors (Lipinski definition) is 2. The number of benzene rings is 2. The molecule has 168 valence electrons. The maximum Gasteiger partial charge on any atom is 0.416 e. The first-order chi connectivity index (χ1) is 15.1. The summed E-state index contributed by atoms with van der Waals surface area (Å²) in [4.78, 5) is 15.2. The van der Waals surface area contributed by atoms with Gasteiger partial charge in [-0.1, -0.05) is 23.7 Å². The van der Waals surface area contributed by atoms with E-state index >= 15 is 0 Å². The predicted molar refractivity (Wildman–Crippen MR) is 113 cm³/mol. The normalized spacial score (nSPS) is 27.1. The lowest BCUT2D eigenvalue weighted by molar-refractivity contribution is -0.137. The van der Waals surface area contributed by atoms with Gasteiger partial charge in [-0.15, -0.1) is 0 Å². The van der Waals surface area contributed by atoms with Gasteiger partial charge >= 0.3 is 6.18 Å². The van der Waals surface area contributed by atoms with E-state index in [4.69, 9.17) is 16.3 Å². The molecule has 5 rings (SSSR count). The fourth-order valence-electron chi connectivity index (χ4n) is 4.06. The number of rotatable bonds is 5. The van der Waals surface area contributed by atoms with Crippen LogP contribution in [-0.2, 0) is 11.0 Å². The molecule has 2 N–H and O–H groups in total. The molecule has 1 heterocycles. The third-order valence-electron chi connectivity index (χ3n) is 6.16. The van der Waals surface area contributed by atoms with Crippen molar-refractivity contribution in [3.05, 3.63) is 59.8 Å². The van der Waals surface area contributed by atoms with Crippen molar-refractivity contribution >= 4 is 34.1 Å². The van der Waals surface area contributed by atoms with E-state index in [-0.39, 0.29) is 18.4 Å². The summed E-state index contributed by atoms with van der Waals surface area (Å²) in [5, 5.41) is 1.48. The SMILES string of the molecule is O=C(Nc1c[nH]c2ccc(O[C@H]3C[C@H](c4ccc(C(F)(F)F)cc4)C3)cc12)C1CC1(F)Cl. The summed E-state index contributed by atoms with van der Waals surface area (Å²) in [5.41, 5.74) is 1.52. The van der Waals surface area contributed by atoms with Crippen LogP contribution in [0, 0.1) is 5.92 Å². The molecule has 2 unspecified atom stereocenters. The number of anilines is 1. The topological polar surface area (TPSA) is 54.1 Å². The molecule has 0 bridgehead atoms. The molecule has 0 saturated heterocycles. The van der Waals surface area contributed by atoms with Crippen LogP contribution in [0.1, 0.15) is 36.3 Å². The molecular weight excluding hydrogens is 448 g/mol. The summed E-state index contributed by atoms with van der Waals surface area (Å²) in [7, 11) is 0. The van der Waals surface area contributed by atoms with Gasteiger partial charge in [-0.25, -0.2) is 4.39 Å². The second-order valence-corrected chi connectivity index (χ2v) is 9.07. The fraction of sp³-hybridized carbons (Fsp3) is 0.348. The summed E-state index contributed by atoms with van der Waals surface area (Å²) in [6.45, 7) is 0. The van der Waals surface area contributed by atoms with E-state index in [9.17, 15) is 22.4 Å². The van der Waals surface area contributed by atoms with E-state index in [1.807, 2.05) is 12.1 Å². The summed E-state index contributed by atoms with van der Waals surface area (Å²) in [5.74, 6) is -0.547. The second kappa shape index (κ2) is 7.40. The summed E-state index contributed by atoms with van der Waals surface area (Å²) < 4.78 is 57.7. The number of alkyl halides is 5. The number of nitrogens with one attached hydrogen (secondary N) is 2. The van der Waals surface area contributed by atoms with Gasteiger partial charge < -0.3 is 15.0 Å². The van der Waals surface area contributed by atoms with Crippen molar-refractivity contribution in [3.63, 3.8) is 0 Å². The van der Waals surface area contributed by atoms with E-state index < -0.39 is 28.7 Å². The Hall–Kier alpha value is -2.74.